The molecule has 27 heavy (non-hydrogen) atoms. The lowest BCUT2D eigenvalue weighted by Gasteiger charge is -2.29. The zero-order valence-electron chi connectivity index (χ0n) is 16.1. The van der Waals surface area contributed by atoms with E-state index in [-0.39, 0.29) is 12.1 Å². The van der Waals surface area contributed by atoms with Gasteiger partial charge in [0.25, 0.3) is 0 Å². The van der Waals surface area contributed by atoms with Crippen LogP contribution in [-0.4, -0.2) is 12.8 Å². The number of rotatable bonds is 10. The molecule has 1 aliphatic rings. The fraction of sp³-hybridized carbons (Fsp3) is 0.333. The number of hydrogen-bond acceptors (Lipinski definition) is 3. The number of hydrogen-bond donors (Lipinski definition) is 2. The maximum absolute atomic E-state index is 3.84. The highest BCUT2D eigenvalue weighted by atomic mass is 32.2. The van der Waals surface area contributed by atoms with E-state index in [1.807, 2.05) is 0 Å². The van der Waals surface area contributed by atoms with E-state index in [2.05, 4.69) is 95.2 Å². The van der Waals surface area contributed by atoms with E-state index in [0.717, 1.165) is 19.4 Å². The van der Waals surface area contributed by atoms with Gasteiger partial charge >= 0.3 is 0 Å². The Morgan fingerprint density at radius 1 is 0.889 bits per heavy atom. The van der Waals surface area contributed by atoms with Crippen molar-refractivity contribution in [3.63, 3.8) is 0 Å². The van der Waals surface area contributed by atoms with E-state index in [9.17, 15) is 0 Å². The van der Waals surface area contributed by atoms with Gasteiger partial charge in [-0.1, -0.05) is 96.4 Å². The molecule has 2 aromatic carbocycles. The summed E-state index contributed by atoms with van der Waals surface area (Å²) in [4.78, 5) is 0. The van der Waals surface area contributed by atoms with Crippen molar-refractivity contribution in [3.05, 3.63) is 95.6 Å². The molecule has 0 saturated carbocycles. The maximum atomic E-state index is 3.84. The molecule has 0 spiro atoms. The third-order valence-electron chi connectivity index (χ3n) is 5.02. The minimum Gasteiger partial charge on any atom is -0.308 e. The van der Waals surface area contributed by atoms with E-state index in [1.165, 1.54) is 24.0 Å². The molecule has 2 nitrogen and oxygen atoms in total. The highest BCUT2D eigenvalue weighted by molar-refractivity contribution is 7.96. The van der Waals surface area contributed by atoms with Crippen LogP contribution in [0.1, 0.15) is 48.9 Å². The van der Waals surface area contributed by atoms with E-state index in [4.69, 9.17) is 0 Å². The zero-order valence-corrected chi connectivity index (χ0v) is 16.9. The van der Waals surface area contributed by atoms with Gasteiger partial charge < -0.3 is 5.32 Å². The van der Waals surface area contributed by atoms with Crippen LogP contribution in [0.25, 0.3) is 0 Å². The zero-order chi connectivity index (χ0) is 18.7. The minimum absolute atomic E-state index is 0.223. The van der Waals surface area contributed by atoms with E-state index < -0.39 is 0 Å². The molecule has 2 unspecified atom stereocenters. The largest absolute Gasteiger partial charge is 0.308 e. The van der Waals surface area contributed by atoms with Gasteiger partial charge in [0.05, 0.1) is 12.1 Å². The van der Waals surface area contributed by atoms with Gasteiger partial charge in [-0.05, 0) is 49.6 Å². The SMILES string of the molecule is CSNC(c1ccccc1)C(NCCCC1=CCC=CC1)c1ccccc1. The molecule has 2 aromatic rings. The van der Waals surface area contributed by atoms with Crippen LogP contribution in [0.3, 0.4) is 0 Å². The predicted molar refractivity (Wildman–Crippen MR) is 119 cm³/mol. The Labute approximate surface area is 168 Å². The first-order valence-electron chi connectivity index (χ1n) is 9.83. The second-order valence-corrected chi connectivity index (χ2v) is 7.57. The normalized spacial score (nSPS) is 16.0. The predicted octanol–water partition coefficient (Wildman–Crippen LogP) is 5.98. The highest BCUT2D eigenvalue weighted by Gasteiger charge is 2.23. The molecule has 1 aliphatic carbocycles. The molecule has 0 amide bonds. The summed E-state index contributed by atoms with van der Waals surface area (Å²) in [6.45, 7) is 1.01. The van der Waals surface area contributed by atoms with Crippen molar-refractivity contribution in [2.24, 2.45) is 0 Å². The summed E-state index contributed by atoms with van der Waals surface area (Å²) < 4.78 is 3.62. The van der Waals surface area contributed by atoms with Gasteiger partial charge in [-0.2, -0.15) is 0 Å². The molecular weight excluding hydrogens is 348 g/mol. The third-order valence-corrected chi connectivity index (χ3v) is 5.51. The van der Waals surface area contributed by atoms with Crippen LogP contribution in [0.5, 0.6) is 0 Å². The van der Waals surface area contributed by atoms with Crippen LogP contribution >= 0.6 is 11.9 Å². The van der Waals surface area contributed by atoms with Gasteiger partial charge in [-0.25, -0.2) is 0 Å². The Hall–Kier alpha value is -1.81. The van der Waals surface area contributed by atoms with Crippen molar-refractivity contribution in [1.29, 1.82) is 0 Å². The summed E-state index contributed by atoms with van der Waals surface area (Å²) in [5.74, 6) is 0. The van der Waals surface area contributed by atoms with Gasteiger partial charge in [0.15, 0.2) is 0 Å². The third kappa shape index (κ3) is 6.10. The molecule has 2 N–H and O–H groups in total. The van der Waals surface area contributed by atoms with Crippen LogP contribution in [0.4, 0.5) is 0 Å². The molecule has 0 saturated heterocycles. The Kier molecular flexibility index (Phi) is 8.22. The standard InChI is InChI=1S/C24H30N2S/c1-27-26-24(22-17-9-4-10-18-22)23(21-15-7-3-8-16-21)25-19-11-14-20-12-5-2-6-13-20/h2-5,7-10,13,15-18,23-26H,6,11-12,14,19H2,1H3. The molecule has 0 aliphatic heterocycles. The first-order valence-corrected chi connectivity index (χ1v) is 11.1. The first-order chi connectivity index (χ1) is 13.4. The molecule has 0 fully saturated rings. The minimum atomic E-state index is 0.223. The summed E-state index contributed by atoms with van der Waals surface area (Å²) >= 11 is 1.68. The summed E-state index contributed by atoms with van der Waals surface area (Å²) in [5.41, 5.74) is 4.22. The van der Waals surface area contributed by atoms with Crippen LogP contribution in [0.15, 0.2) is 84.5 Å². The second-order valence-electron chi connectivity index (χ2n) is 6.93. The molecular formula is C24H30N2S. The maximum Gasteiger partial charge on any atom is 0.0616 e. The second kappa shape index (κ2) is 11.1. The topological polar surface area (TPSA) is 24.1 Å². The average molecular weight is 379 g/mol. The van der Waals surface area contributed by atoms with Crippen molar-refractivity contribution >= 4 is 11.9 Å². The van der Waals surface area contributed by atoms with E-state index in [1.54, 1.807) is 17.5 Å². The summed E-state index contributed by atoms with van der Waals surface area (Å²) in [6.07, 6.45) is 13.6. The fourth-order valence-electron chi connectivity index (χ4n) is 3.63. The molecule has 0 aromatic heterocycles. The van der Waals surface area contributed by atoms with Gasteiger partial charge in [-0.3, -0.25) is 4.72 Å². The van der Waals surface area contributed by atoms with Crippen LogP contribution < -0.4 is 10.0 Å². The molecule has 142 valence electrons. The number of nitrogens with one attached hydrogen (secondary N) is 2. The molecule has 2 atom stereocenters. The number of benzene rings is 2. The van der Waals surface area contributed by atoms with Gasteiger partial charge in [-0.15, -0.1) is 0 Å². The summed E-state index contributed by atoms with van der Waals surface area (Å²) in [5, 5.41) is 3.84. The van der Waals surface area contributed by atoms with Gasteiger partial charge in [0.1, 0.15) is 0 Å². The Morgan fingerprint density at radius 3 is 2.15 bits per heavy atom. The highest BCUT2D eigenvalue weighted by Crippen LogP contribution is 2.30. The first kappa shape index (κ1) is 19.9. The smallest absolute Gasteiger partial charge is 0.0616 e. The summed E-state index contributed by atoms with van der Waals surface area (Å²) in [7, 11) is 0. The quantitative estimate of drug-likeness (QED) is 0.302. The van der Waals surface area contributed by atoms with Gasteiger partial charge in [0.2, 0.25) is 0 Å². The molecule has 0 heterocycles. The van der Waals surface area contributed by atoms with Crippen LogP contribution in [0, 0.1) is 0 Å². The van der Waals surface area contributed by atoms with Crippen molar-refractivity contribution < 1.29 is 0 Å². The lowest BCUT2D eigenvalue weighted by Crippen LogP contribution is -2.33. The monoisotopic (exact) mass is 378 g/mol. The van der Waals surface area contributed by atoms with Crippen molar-refractivity contribution in [2.75, 3.05) is 12.8 Å². The van der Waals surface area contributed by atoms with E-state index in [0.29, 0.717) is 0 Å². The van der Waals surface area contributed by atoms with Crippen LogP contribution in [-0.2, 0) is 0 Å². The Bertz CT molecular complexity index is 725. The molecule has 3 heteroatoms. The van der Waals surface area contributed by atoms with Crippen molar-refractivity contribution in [2.45, 2.75) is 37.8 Å². The molecule has 3 rings (SSSR count). The Morgan fingerprint density at radius 2 is 1.56 bits per heavy atom. The fourth-order valence-corrected chi connectivity index (χ4v) is 4.16. The van der Waals surface area contributed by atoms with Gasteiger partial charge in [0, 0.05) is 0 Å². The number of allylic oxidation sites excluding steroid dienone is 4. The van der Waals surface area contributed by atoms with Crippen LogP contribution in [0.2, 0.25) is 0 Å². The summed E-state index contributed by atoms with van der Waals surface area (Å²) in [6, 6.07) is 22.0. The lowest BCUT2D eigenvalue weighted by molar-refractivity contribution is 0.431. The molecule has 0 radical (unpaired) electrons. The van der Waals surface area contributed by atoms with Crippen molar-refractivity contribution in [1.82, 2.24) is 10.0 Å². The lowest BCUT2D eigenvalue weighted by atomic mass is 9.93. The van der Waals surface area contributed by atoms with E-state index >= 15 is 0 Å². The van der Waals surface area contributed by atoms with Crippen molar-refractivity contribution in [3.8, 4) is 0 Å². The average Bonchev–Trinajstić information content (AvgIpc) is 2.75. The Balaban J connectivity index is 1.69. The molecule has 0 bridgehead atoms.